The fourth-order valence-corrected chi connectivity index (χ4v) is 7.05. The van der Waals surface area contributed by atoms with Crippen molar-refractivity contribution in [1.29, 1.82) is 0 Å². The number of halogens is 1. The number of amides is 1. The average molecular weight is 584 g/mol. The number of para-hydroxylation sites is 1. The molecule has 39 heavy (non-hydrogen) atoms. The van der Waals surface area contributed by atoms with Crippen molar-refractivity contribution in [2.75, 3.05) is 10.2 Å². The van der Waals surface area contributed by atoms with E-state index in [4.69, 9.17) is 0 Å². The number of benzene rings is 3. The van der Waals surface area contributed by atoms with Gasteiger partial charge in [0.05, 0.1) is 12.0 Å². The molecule has 4 unspecified atom stereocenters. The molecule has 3 heterocycles. The highest BCUT2D eigenvalue weighted by atomic mass is 79.9. The molecule has 0 radical (unpaired) electrons. The first-order valence-electron chi connectivity index (χ1n) is 13.3. The molecule has 0 aromatic heterocycles. The molecule has 1 fully saturated rings. The van der Waals surface area contributed by atoms with E-state index >= 15 is 0 Å². The maximum atomic E-state index is 14.7. The van der Waals surface area contributed by atoms with Crippen molar-refractivity contribution in [3.05, 3.63) is 99.5 Å². The molecule has 1 spiro atoms. The molecule has 198 valence electrons. The van der Waals surface area contributed by atoms with E-state index in [0.717, 1.165) is 32.4 Å². The molecule has 4 atom stereocenters. The summed E-state index contributed by atoms with van der Waals surface area (Å²) < 4.78 is 0.853. The van der Waals surface area contributed by atoms with Gasteiger partial charge >= 0.3 is 0 Å². The summed E-state index contributed by atoms with van der Waals surface area (Å²) >= 11 is 3.46. The van der Waals surface area contributed by atoms with E-state index in [1.54, 1.807) is 12.1 Å². The average Bonchev–Trinajstić information content (AvgIpc) is 3.35. The predicted molar refractivity (Wildman–Crippen MR) is 158 cm³/mol. The Balaban J connectivity index is 1.70. The third kappa shape index (κ3) is 3.61. The maximum absolute atomic E-state index is 14.7. The number of hydrogen-bond donors (Lipinski definition) is 1. The molecule has 5 nitrogen and oxygen atoms in total. The van der Waals surface area contributed by atoms with Gasteiger partial charge in [0.25, 0.3) is 0 Å². The van der Waals surface area contributed by atoms with Crippen molar-refractivity contribution >= 4 is 50.4 Å². The van der Waals surface area contributed by atoms with Gasteiger partial charge in [0.2, 0.25) is 5.91 Å². The molecule has 0 bridgehead atoms. The Morgan fingerprint density at radius 2 is 1.67 bits per heavy atom. The van der Waals surface area contributed by atoms with Crippen molar-refractivity contribution in [2.45, 2.75) is 52.1 Å². The molecule has 1 N–H and O–H groups in total. The molecule has 0 aliphatic carbocycles. The van der Waals surface area contributed by atoms with Crippen LogP contribution in [0.5, 0.6) is 0 Å². The molecule has 6 rings (SSSR count). The normalized spacial score (nSPS) is 25.1. The zero-order valence-electron chi connectivity index (χ0n) is 22.7. The van der Waals surface area contributed by atoms with Gasteiger partial charge in [-0.05, 0) is 55.3 Å². The smallest absolute Gasteiger partial charge is 0.238 e. The molecule has 3 aliphatic rings. The minimum Gasteiger partial charge on any atom is -0.352 e. The quantitative estimate of drug-likeness (QED) is 0.347. The lowest BCUT2D eigenvalue weighted by Gasteiger charge is -2.40. The number of aryl methyl sites for hydroxylation is 1. The SMILES string of the molecule is CC1=CC2N(c3ccc(C)cc31)C(C(=O)C(C)(C)C)C(C(=O)c1ccc(Br)cc1)C21C(=O)Nc2ccccc21. The molecule has 3 aliphatic heterocycles. The van der Waals surface area contributed by atoms with Crippen molar-refractivity contribution in [2.24, 2.45) is 11.3 Å². The third-order valence-corrected chi connectivity index (χ3v) is 9.08. The summed E-state index contributed by atoms with van der Waals surface area (Å²) in [6.45, 7) is 9.76. The number of anilines is 2. The van der Waals surface area contributed by atoms with Crippen LogP contribution in [-0.2, 0) is 15.0 Å². The zero-order chi connectivity index (χ0) is 27.9. The summed E-state index contributed by atoms with van der Waals surface area (Å²) in [5, 5.41) is 3.09. The Kier molecular flexibility index (Phi) is 5.78. The largest absolute Gasteiger partial charge is 0.352 e. The summed E-state index contributed by atoms with van der Waals surface area (Å²) in [6.07, 6.45) is 2.10. The highest BCUT2D eigenvalue weighted by molar-refractivity contribution is 9.10. The number of fused-ring (bicyclic) bond motifs is 6. The lowest BCUT2D eigenvalue weighted by atomic mass is 9.63. The molecule has 3 aromatic carbocycles. The number of ketones is 2. The number of rotatable bonds is 3. The van der Waals surface area contributed by atoms with Crippen LogP contribution in [0.1, 0.15) is 54.7 Å². The van der Waals surface area contributed by atoms with Gasteiger partial charge in [0, 0.05) is 32.4 Å². The van der Waals surface area contributed by atoms with Crippen LogP contribution in [0.2, 0.25) is 0 Å². The van der Waals surface area contributed by atoms with Gasteiger partial charge in [-0.1, -0.05) is 84.7 Å². The van der Waals surface area contributed by atoms with Crippen molar-refractivity contribution < 1.29 is 14.4 Å². The van der Waals surface area contributed by atoms with E-state index in [1.165, 1.54) is 0 Å². The predicted octanol–water partition coefficient (Wildman–Crippen LogP) is 6.74. The Bertz CT molecular complexity index is 1580. The van der Waals surface area contributed by atoms with Crippen LogP contribution in [-0.4, -0.2) is 29.6 Å². The molecule has 3 aromatic rings. The lowest BCUT2D eigenvalue weighted by molar-refractivity contribution is -0.128. The summed E-state index contributed by atoms with van der Waals surface area (Å²) in [5.41, 5.74) is 3.97. The molecule has 6 heteroatoms. The van der Waals surface area contributed by atoms with Gasteiger partial charge in [-0.2, -0.15) is 0 Å². The van der Waals surface area contributed by atoms with Crippen LogP contribution in [0, 0.1) is 18.3 Å². The van der Waals surface area contributed by atoms with Gasteiger partial charge in [-0.15, -0.1) is 0 Å². The summed E-state index contributed by atoms with van der Waals surface area (Å²) in [4.78, 5) is 45.6. The molecular formula is C33H31BrN2O3. The summed E-state index contributed by atoms with van der Waals surface area (Å²) in [5.74, 6) is -1.43. The van der Waals surface area contributed by atoms with Crippen molar-refractivity contribution in [3.63, 3.8) is 0 Å². The third-order valence-electron chi connectivity index (χ3n) is 8.55. The fraction of sp³-hybridized carbons (Fsp3) is 0.303. The molecular weight excluding hydrogens is 552 g/mol. The van der Waals surface area contributed by atoms with Crippen LogP contribution in [0.25, 0.3) is 5.57 Å². The Morgan fingerprint density at radius 1 is 0.974 bits per heavy atom. The number of nitrogens with zero attached hydrogens (tertiary/aromatic N) is 1. The lowest BCUT2D eigenvalue weighted by Crippen LogP contribution is -2.51. The van der Waals surface area contributed by atoms with Crippen LogP contribution < -0.4 is 10.2 Å². The number of carbonyl (C=O) groups excluding carboxylic acids is 3. The van der Waals surface area contributed by atoms with E-state index in [9.17, 15) is 14.4 Å². The summed E-state index contributed by atoms with van der Waals surface area (Å²) in [6, 6.07) is 19.6. The van der Waals surface area contributed by atoms with Crippen LogP contribution in [0.3, 0.4) is 0 Å². The molecule has 0 saturated carbocycles. The van der Waals surface area contributed by atoms with E-state index in [2.05, 4.69) is 38.3 Å². The second kappa shape index (κ2) is 8.75. The standard InChI is InChI=1S/C33H31BrN2O3/c1-18-10-15-25-22(16-18)19(2)17-26-33(23-8-6-7-9-24(23)35-31(33)39)27(28(36(25)26)30(38)32(3,4)5)29(37)20-11-13-21(34)14-12-20/h6-17,26-28H,1-5H3,(H,35,39). The highest BCUT2D eigenvalue weighted by Gasteiger charge is 2.71. The van der Waals surface area contributed by atoms with E-state index in [1.807, 2.05) is 83.1 Å². The van der Waals surface area contributed by atoms with E-state index < -0.39 is 28.8 Å². The number of carbonyl (C=O) groups is 3. The monoisotopic (exact) mass is 582 g/mol. The first kappa shape index (κ1) is 25.8. The molecule has 1 amide bonds. The van der Waals surface area contributed by atoms with Crippen LogP contribution in [0.4, 0.5) is 11.4 Å². The second-order valence-electron chi connectivity index (χ2n) is 12.0. The van der Waals surface area contributed by atoms with Gasteiger partial charge in [0.1, 0.15) is 11.5 Å². The highest BCUT2D eigenvalue weighted by Crippen LogP contribution is 2.59. The molecule has 1 saturated heterocycles. The number of nitrogens with one attached hydrogen (secondary N) is 1. The zero-order valence-corrected chi connectivity index (χ0v) is 24.3. The summed E-state index contributed by atoms with van der Waals surface area (Å²) in [7, 11) is 0. The number of hydrogen-bond acceptors (Lipinski definition) is 4. The van der Waals surface area contributed by atoms with Crippen molar-refractivity contribution in [1.82, 2.24) is 0 Å². The minimum atomic E-state index is -1.28. The van der Waals surface area contributed by atoms with Gasteiger partial charge < -0.3 is 10.2 Å². The number of Topliss-reactive ketones (excluding diaryl/α,β-unsaturated/α-hetero) is 2. The van der Waals surface area contributed by atoms with E-state index in [0.29, 0.717) is 11.3 Å². The van der Waals surface area contributed by atoms with E-state index in [-0.39, 0.29) is 17.5 Å². The Morgan fingerprint density at radius 3 is 2.36 bits per heavy atom. The second-order valence-corrected chi connectivity index (χ2v) is 12.9. The maximum Gasteiger partial charge on any atom is 0.238 e. The topological polar surface area (TPSA) is 66.5 Å². The van der Waals surface area contributed by atoms with Crippen molar-refractivity contribution in [3.8, 4) is 0 Å². The van der Waals surface area contributed by atoms with Gasteiger partial charge in [-0.3, -0.25) is 14.4 Å². The number of allylic oxidation sites excluding steroid dienone is 1. The minimum absolute atomic E-state index is 0.0588. The Hall–Kier alpha value is -3.51. The van der Waals surface area contributed by atoms with Crippen LogP contribution in [0.15, 0.2) is 77.3 Å². The first-order valence-corrected chi connectivity index (χ1v) is 14.1. The van der Waals surface area contributed by atoms with Gasteiger partial charge in [-0.25, -0.2) is 0 Å². The Labute approximate surface area is 237 Å². The van der Waals surface area contributed by atoms with Crippen LogP contribution >= 0.6 is 15.9 Å². The first-order chi connectivity index (χ1) is 18.5. The fourth-order valence-electron chi connectivity index (χ4n) is 6.78. The van der Waals surface area contributed by atoms with Gasteiger partial charge in [0.15, 0.2) is 11.6 Å².